The number of hydrogen-bond donors (Lipinski definition) is 3. The first-order valence-corrected chi connectivity index (χ1v) is 6.46. The first kappa shape index (κ1) is 16.4. The highest BCUT2D eigenvalue weighted by Crippen LogP contribution is 2.28. The number of carbonyl (C=O) groups is 2. The minimum absolute atomic E-state index is 0.0887. The summed E-state index contributed by atoms with van der Waals surface area (Å²) in [5.74, 6) is -1.05. The molecule has 0 heterocycles. The Morgan fingerprint density at radius 2 is 2.05 bits per heavy atom. The van der Waals surface area contributed by atoms with E-state index in [2.05, 4.69) is 16.0 Å². The Morgan fingerprint density at radius 3 is 2.57 bits per heavy atom. The van der Waals surface area contributed by atoms with Gasteiger partial charge in [-0.3, -0.25) is 19.7 Å². The van der Waals surface area contributed by atoms with Crippen LogP contribution in [0.4, 0.5) is 11.4 Å². The lowest BCUT2D eigenvalue weighted by Crippen LogP contribution is -2.43. The average molecular weight is 294 g/mol. The summed E-state index contributed by atoms with van der Waals surface area (Å²) in [5, 5.41) is 18.9. The van der Waals surface area contributed by atoms with Crippen molar-refractivity contribution in [2.75, 3.05) is 18.9 Å². The number of nitro groups is 1. The molecule has 114 valence electrons. The second-order valence-electron chi connectivity index (χ2n) is 4.30. The lowest BCUT2D eigenvalue weighted by atomic mass is 10.1. The zero-order chi connectivity index (χ0) is 16.0. The van der Waals surface area contributed by atoms with Crippen molar-refractivity contribution in [3.05, 3.63) is 33.9 Å². The predicted octanol–water partition coefficient (Wildman–Crippen LogP) is 0.891. The standard InChI is InChI=1S/C13H18N4O4/c1-4-15-10-7-5-6-9(11(10)17(20)21)13(19)16-8(2)12(18)14-3/h5-8,15H,4H2,1-3H3,(H,14,18)(H,16,19). The van der Waals surface area contributed by atoms with Crippen LogP contribution >= 0.6 is 0 Å². The van der Waals surface area contributed by atoms with Gasteiger partial charge in [0.1, 0.15) is 17.3 Å². The van der Waals surface area contributed by atoms with Gasteiger partial charge in [-0.05, 0) is 26.0 Å². The number of para-hydroxylation sites is 1. The molecule has 21 heavy (non-hydrogen) atoms. The Labute approximate surface area is 122 Å². The van der Waals surface area contributed by atoms with Crippen molar-refractivity contribution in [2.24, 2.45) is 0 Å². The fraction of sp³-hybridized carbons (Fsp3) is 0.385. The molecule has 0 saturated carbocycles. The molecule has 0 aliphatic rings. The number of nitro benzene ring substituents is 1. The Morgan fingerprint density at radius 1 is 1.38 bits per heavy atom. The van der Waals surface area contributed by atoms with Crippen LogP contribution in [0.3, 0.4) is 0 Å². The van der Waals surface area contributed by atoms with E-state index in [4.69, 9.17) is 0 Å². The summed E-state index contributed by atoms with van der Waals surface area (Å²) in [4.78, 5) is 34.1. The fourth-order valence-electron chi connectivity index (χ4n) is 1.81. The topological polar surface area (TPSA) is 113 Å². The van der Waals surface area contributed by atoms with Crippen LogP contribution in [0.25, 0.3) is 0 Å². The Bertz CT molecular complexity index is 559. The van der Waals surface area contributed by atoms with Gasteiger partial charge in [0.15, 0.2) is 0 Å². The first-order valence-electron chi connectivity index (χ1n) is 6.46. The summed E-state index contributed by atoms with van der Waals surface area (Å²) >= 11 is 0. The molecule has 0 aliphatic carbocycles. The van der Waals surface area contributed by atoms with Crippen LogP contribution in [0.2, 0.25) is 0 Å². The maximum Gasteiger partial charge on any atom is 0.305 e. The number of anilines is 1. The number of likely N-dealkylation sites (N-methyl/N-ethyl adjacent to an activating group) is 1. The van der Waals surface area contributed by atoms with Gasteiger partial charge in [-0.2, -0.15) is 0 Å². The van der Waals surface area contributed by atoms with Gasteiger partial charge in [0.25, 0.3) is 5.91 Å². The highest BCUT2D eigenvalue weighted by atomic mass is 16.6. The average Bonchev–Trinajstić information content (AvgIpc) is 2.45. The molecule has 1 unspecified atom stereocenters. The summed E-state index contributed by atoms with van der Waals surface area (Å²) in [7, 11) is 1.44. The maximum atomic E-state index is 12.1. The summed E-state index contributed by atoms with van der Waals surface area (Å²) in [5.41, 5.74) is -0.127. The molecule has 1 aromatic rings. The van der Waals surface area contributed by atoms with Crippen molar-refractivity contribution in [1.29, 1.82) is 0 Å². The smallest absolute Gasteiger partial charge is 0.305 e. The normalized spacial score (nSPS) is 11.4. The molecule has 8 heteroatoms. The number of nitrogens with zero attached hydrogens (tertiary/aromatic N) is 1. The predicted molar refractivity (Wildman–Crippen MR) is 78.3 cm³/mol. The van der Waals surface area contributed by atoms with Gasteiger partial charge < -0.3 is 16.0 Å². The van der Waals surface area contributed by atoms with Gasteiger partial charge in [0.05, 0.1) is 4.92 Å². The Kier molecular flexibility index (Phi) is 5.65. The molecule has 0 fully saturated rings. The SMILES string of the molecule is CCNc1cccc(C(=O)NC(C)C(=O)NC)c1[N+](=O)[O-]. The minimum Gasteiger partial charge on any atom is -0.380 e. The Hall–Kier alpha value is -2.64. The molecule has 2 amide bonds. The quantitative estimate of drug-likeness (QED) is 0.532. The van der Waals surface area contributed by atoms with Crippen molar-refractivity contribution in [2.45, 2.75) is 19.9 Å². The second-order valence-corrected chi connectivity index (χ2v) is 4.30. The third-order valence-corrected chi connectivity index (χ3v) is 2.82. The van der Waals surface area contributed by atoms with Gasteiger partial charge in [0.2, 0.25) is 5.91 Å². The monoisotopic (exact) mass is 294 g/mol. The first-order chi connectivity index (χ1) is 9.92. The zero-order valence-electron chi connectivity index (χ0n) is 12.1. The molecule has 0 spiro atoms. The Balaban J connectivity index is 3.12. The summed E-state index contributed by atoms with van der Waals surface area (Å²) < 4.78 is 0. The van der Waals surface area contributed by atoms with Crippen molar-refractivity contribution in [3.63, 3.8) is 0 Å². The lowest BCUT2D eigenvalue weighted by Gasteiger charge is -2.13. The highest BCUT2D eigenvalue weighted by Gasteiger charge is 2.26. The van der Waals surface area contributed by atoms with Gasteiger partial charge >= 0.3 is 5.69 Å². The van der Waals surface area contributed by atoms with E-state index >= 15 is 0 Å². The molecule has 0 bridgehead atoms. The van der Waals surface area contributed by atoms with Crippen LogP contribution in [0.1, 0.15) is 24.2 Å². The molecular formula is C13H18N4O4. The van der Waals surface area contributed by atoms with Crippen LogP contribution in [0.15, 0.2) is 18.2 Å². The van der Waals surface area contributed by atoms with Gasteiger partial charge in [-0.25, -0.2) is 0 Å². The van der Waals surface area contributed by atoms with E-state index in [0.717, 1.165) is 0 Å². The van der Waals surface area contributed by atoms with E-state index < -0.39 is 16.9 Å². The summed E-state index contributed by atoms with van der Waals surface area (Å²) in [6, 6.07) is 3.64. The number of rotatable bonds is 6. The van der Waals surface area contributed by atoms with Gasteiger partial charge in [-0.1, -0.05) is 6.07 Å². The zero-order valence-corrected chi connectivity index (χ0v) is 12.1. The van der Waals surface area contributed by atoms with Gasteiger partial charge in [-0.15, -0.1) is 0 Å². The van der Waals surface area contributed by atoms with Crippen LogP contribution in [0.5, 0.6) is 0 Å². The number of hydrogen-bond acceptors (Lipinski definition) is 5. The molecule has 0 aromatic heterocycles. The van der Waals surface area contributed by atoms with Crippen LogP contribution in [-0.2, 0) is 4.79 Å². The lowest BCUT2D eigenvalue weighted by molar-refractivity contribution is -0.384. The molecule has 3 N–H and O–H groups in total. The largest absolute Gasteiger partial charge is 0.380 e. The highest BCUT2D eigenvalue weighted by molar-refractivity contribution is 6.02. The van der Waals surface area contributed by atoms with E-state index in [1.54, 1.807) is 13.0 Å². The van der Waals surface area contributed by atoms with Crippen molar-refractivity contribution in [3.8, 4) is 0 Å². The number of carbonyl (C=O) groups excluding carboxylic acids is 2. The fourth-order valence-corrected chi connectivity index (χ4v) is 1.81. The van der Waals surface area contributed by atoms with Crippen LogP contribution in [-0.4, -0.2) is 36.4 Å². The van der Waals surface area contributed by atoms with Crippen LogP contribution < -0.4 is 16.0 Å². The van der Waals surface area contributed by atoms with Crippen LogP contribution in [0, 0.1) is 10.1 Å². The molecular weight excluding hydrogens is 276 g/mol. The maximum absolute atomic E-state index is 12.1. The van der Waals surface area contributed by atoms with E-state index in [-0.39, 0.29) is 22.8 Å². The molecule has 0 radical (unpaired) electrons. The molecule has 1 aromatic carbocycles. The molecule has 1 rings (SSSR count). The molecule has 0 aliphatic heterocycles. The van der Waals surface area contributed by atoms with Crippen molar-refractivity contribution >= 4 is 23.2 Å². The van der Waals surface area contributed by atoms with E-state index in [0.29, 0.717) is 6.54 Å². The van der Waals surface area contributed by atoms with E-state index in [1.165, 1.54) is 26.1 Å². The van der Waals surface area contributed by atoms with E-state index in [9.17, 15) is 19.7 Å². The third-order valence-electron chi connectivity index (χ3n) is 2.82. The van der Waals surface area contributed by atoms with E-state index in [1.807, 2.05) is 0 Å². The van der Waals surface area contributed by atoms with Gasteiger partial charge in [0, 0.05) is 13.6 Å². The third kappa shape index (κ3) is 3.91. The molecule has 8 nitrogen and oxygen atoms in total. The number of amides is 2. The van der Waals surface area contributed by atoms with Crippen molar-refractivity contribution in [1.82, 2.24) is 10.6 Å². The summed E-state index contributed by atoms with van der Waals surface area (Å²) in [6.07, 6.45) is 0. The minimum atomic E-state index is -0.787. The molecule has 0 saturated heterocycles. The second kappa shape index (κ2) is 7.22. The number of benzene rings is 1. The summed E-state index contributed by atoms with van der Waals surface area (Å²) in [6.45, 7) is 3.78. The molecule has 1 atom stereocenters. The number of nitrogens with one attached hydrogen (secondary N) is 3. The van der Waals surface area contributed by atoms with Crippen molar-refractivity contribution < 1.29 is 14.5 Å².